The second kappa shape index (κ2) is 8.41. The van der Waals surface area contributed by atoms with Crippen LogP contribution >= 0.6 is 46.2 Å². The third kappa shape index (κ3) is 4.49. The Balaban J connectivity index is 2.58. The topological polar surface area (TPSA) is 59.5 Å². The number of methoxy groups -OCH3 is 1. The summed E-state index contributed by atoms with van der Waals surface area (Å²) in [6, 6.07) is 8.94. The van der Waals surface area contributed by atoms with Crippen LogP contribution in [-0.4, -0.2) is 23.1 Å². The summed E-state index contributed by atoms with van der Waals surface area (Å²) in [4.78, 5) is 16.1. The van der Waals surface area contributed by atoms with Gasteiger partial charge in [-0.1, -0.05) is 0 Å². The predicted molar refractivity (Wildman–Crippen MR) is 117 cm³/mol. The minimum atomic E-state index is -4.51. The van der Waals surface area contributed by atoms with E-state index in [1.54, 1.807) is 18.2 Å². The normalized spacial score (nSPS) is 15.2. The van der Waals surface area contributed by atoms with Crippen LogP contribution in [0.4, 0.5) is 5.69 Å². The van der Waals surface area contributed by atoms with E-state index in [2.05, 4.69) is 41.7 Å². The molecule has 0 saturated carbocycles. The molecule has 142 valence electrons. The molecule has 0 aliphatic heterocycles. The number of carbonyl (C=O) groups excluding carboxylic acids is 1. The maximum absolute atomic E-state index is 13.8. The summed E-state index contributed by atoms with van der Waals surface area (Å²) in [5.74, 6) is 0. The van der Waals surface area contributed by atoms with E-state index in [0.717, 1.165) is 5.56 Å². The fraction of sp³-hybridized carbons (Fsp3) is 0.333. The van der Waals surface area contributed by atoms with Gasteiger partial charge in [-0.3, -0.25) is 0 Å². The number of pyridine rings is 1. The van der Waals surface area contributed by atoms with Crippen LogP contribution in [0.15, 0.2) is 41.1 Å². The van der Waals surface area contributed by atoms with Gasteiger partial charge in [-0.25, -0.2) is 0 Å². The number of hydrogen-bond donors (Lipinski definition) is 0. The average Bonchev–Trinajstić information content (AvgIpc) is 2.60. The van der Waals surface area contributed by atoms with Gasteiger partial charge in [0.25, 0.3) is 0 Å². The number of carbonyl (C=O) groups is 1. The van der Waals surface area contributed by atoms with Gasteiger partial charge in [0.1, 0.15) is 0 Å². The Hall–Kier alpha value is -0.900. The van der Waals surface area contributed by atoms with Crippen LogP contribution in [0.3, 0.4) is 0 Å². The number of rotatable bonds is 6. The van der Waals surface area contributed by atoms with Crippen LogP contribution < -0.4 is 3.11 Å². The second-order valence-corrected chi connectivity index (χ2v) is 13.7. The van der Waals surface area contributed by atoms with Crippen molar-refractivity contribution in [2.75, 3.05) is 17.0 Å². The number of benzene rings is 1. The Bertz CT molecular complexity index is 837. The Labute approximate surface area is 171 Å². The predicted octanol–water partition coefficient (Wildman–Crippen LogP) is 5.57. The van der Waals surface area contributed by atoms with Crippen molar-refractivity contribution in [2.45, 2.75) is 26.2 Å². The maximum atomic E-state index is 13.8. The number of ether oxygens (including phenoxy) is 1. The number of aromatic nitrogens is 1. The number of nitrogens with zero attached hydrogens (tertiary/aromatic N) is 2. The second-order valence-electron chi connectivity index (χ2n) is 6.62. The van der Waals surface area contributed by atoms with Gasteiger partial charge < -0.3 is 0 Å². The van der Waals surface area contributed by atoms with Gasteiger partial charge in [0.2, 0.25) is 0 Å². The van der Waals surface area contributed by atoms with Crippen LogP contribution in [0.5, 0.6) is 0 Å². The molecular formula is C18H21BrClIN2O3. The summed E-state index contributed by atoms with van der Waals surface area (Å²) in [5, 5.41) is 0.377. The van der Waals surface area contributed by atoms with E-state index in [1.165, 1.54) is 16.4 Å². The Kier molecular flexibility index (Phi) is 6.92. The molecule has 0 bridgehead atoms. The van der Waals surface area contributed by atoms with Gasteiger partial charge in [-0.2, -0.15) is 0 Å². The molecule has 0 aliphatic carbocycles. The fourth-order valence-electron chi connectivity index (χ4n) is 2.32. The van der Waals surface area contributed by atoms with Crippen molar-refractivity contribution >= 4 is 56.2 Å². The molecule has 0 saturated heterocycles. The molecule has 0 N–H and O–H groups in total. The minimum absolute atomic E-state index is 0.0273. The molecule has 0 radical (unpaired) electrons. The van der Waals surface area contributed by atoms with Crippen molar-refractivity contribution in [2.24, 2.45) is 0 Å². The van der Waals surface area contributed by atoms with E-state index in [4.69, 9.17) is 16.3 Å². The van der Waals surface area contributed by atoms with E-state index in [1.807, 2.05) is 12.1 Å². The SMILES string of the molecule is COCN(c1cc(Cl)cnc1Br)I(=O)(C=O)c1ccc(C(C)(C)C)cc1. The third-order valence-electron chi connectivity index (χ3n) is 3.74. The van der Waals surface area contributed by atoms with Gasteiger partial charge >= 0.3 is 172 Å². The first kappa shape index (κ1) is 21.4. The molecule has 26 heavy (non-hydrogen) atoms. The van der Waals surface area contributed by atoms with Crippen molar-refractivity contribution in [3.63, 3.8) is 0 Å². The molecule has 1 atom stereocenters. The Morgan fingerprint density at radius 1 is 1.31 bits per heavy atom. The van der Waals surface area contributed by atoms with E-state index in [0.29, 0.717) is 23.2 Å². The van der Waals surface area contributed by atoms with E-state index >= 15 is 0 Å². The summed E-state index contributed by atoms with van der Waals surface area (Å²) in [5.41, 5.74) is 1.51. The summed E-state index contributed by atoms with van der Waals surface area (Å²) in [6.07, 6.45) is 1.47. The monoisotopic (exact) mass is 554 g/mol. The third-order valence-corrected chi connectivity index (χ3v) is 10.3. The first-order valence-corrected chi connectivity index (χ1v) is 13.1. The van der Waals surface area contributed by atoms with Crippen LogP contribution in [-0.2, 0) is 18.0 Å². The molecule has 0 aliphatic rings. The summed E-state index contributed by atoms with van der Waals surface area (Å²) >= 11 is 4.88. The fourth-order valence-corrected chi connectivity index (χ4v) is 7.70. The van der Waals surface area contributed by atoms with Gasteiger partial charge in [0.15, 0.2) is 0 Å². The zero-order valence-corrected chi connectivity index (χ0v) is 19.5. The molecule has 1 aromatic heterocycles. The molecule has 5 nitrogen and oxygen atoms in total. The zero-order chi connectivity index (χ0) is 19.5. The van der Waals surface area contributed by atoms with Gasteiger partial charge in [0.05, 0.1) is 0 Å². The number of halogens is 3. The molecule has 0 amide bonds. The molecule has 0 fully saturated rings. The molecule has 1 unspecified atom stereocenters. The average molecular weight is 556 g/mol. The standard InChI is InChI=1S/C18H21BrClIN2O3/c1-18(2,3)13-5-7-15(8-6-13)21(25,11-24)23(12-26-4)16-9-14(20)10-22-17(16)19/h5-11H,12H2,1-4H3. The van der Waals surface area contributed by atoms with Crippen molar-refractivity contribution in [1.29, 1.82) is 0 Å². The van der Waals surface area contributed by atoms with E-state index in [9.17, 15) is 7.86 Å². The van der Waals surface area contributed by atoms with E-state index in [-0.39, 0.29) is 12.1 Å². The summed E-state index contributed by atoms with van der Waals surface area (Å²) in [7, 11) is 1.48. The van der Waals surface area contributed by atoms with Crippen LogP contribution in [0.2, 0.25) is 5.02 Å². The number of anilines is 1. The molecular weight excluding hydrogens is 534 g/mol. The van der Waals surface area contributed by atoms with Crippen molar-refractivity contribution in [3.8, 4) is 0 Å². The Morgan fingerprint density at radius 3 is 2.42 bits per heavy atom. The van der Waals surface area contributed by atoms with Crippen molar-refractivity contribution in [3.05, 3.63) is 55.3 Å². The molecule has 8 heteroatoms. The van der Waals surface area contributed by atoms with Crippen LogP contribution in [0.25, 0.3) is 0 Å². The molecule has 2 rings (SSSR count). The molecule has 0 spiro atoms. The van der Waals surface area contributed by atoms with Gasteiger partial charge in [0, 0.05) is 0 Å². The molecule has 2 aromatic rings. The zero-order valence-electron chi connectivity index (χ0n) is 15.0. The van der Waals surface area contributed by atoms with Gasteiger partial charge in [-0.15, -0.1) is 0 Å². The number of hydrogen-bond acceptors (Lipinski definition) is 4. The van der Waals surface area contributed by atoms with E-state index < -0.39 is 18.7 Å². The van der Waals surface area contributed by atoms with Crippen molar-refractivity contribution in [1.82, 2.24) is 4.98 Å². The summed E-state index contributed by atoms with van der Waals surface area (Å²) < 4.78 is 21.9. The van der Waals surface area contributed by atoms with Crippen LogP contribution in [0, 0.1) is 3.57 Å². The quantitative estimate of drug-likeness (QED) is 0.117. The Morgan fingerprint density at radius 2 is 1.92 bits per heavy atom. The van der Waals surface area contributed by atoms with Gasteiger partial charge in [-0.05, 0) is 0 Å². The van der Waals surface area contributed by atoms with Crippen LogP contribution in [0.1, 0.15) is 26.3 Å². The first-order chi connectivity index (χ1) is 12.1. The molecule has 1 heterocycles. The van der Waals surface area contributed by atoms with Crippen molar-refractivity contribution < 1.29 is 12.6 Å². The first-order valence-electron chi connectivity index (χ1n) is 7.75. The summed E-state index contributed by atoms with van der Waals surface area (Å²) in [6.45, 7) is 6.26. The molecule has 1 aromatic carbocycles.